The van der Waals surface area contributed by atoms with Crippen molar-refractivity contribution >= 4 is 0 Å². The third kappa shape index (κ3) is 11.5. The van der Waals surface area contributed by atoms with Gasteiger partial charge in [-0.2, -0.15) is 0 Å². The Bertz CT molecular complexity index is 156. The Morgan fingerprint density at radius 2 is 1.58 bits per heavy atom. The van der Waals surface area contributed by atoms with Crippen LogP contribution < -0.4 is 5.32 Å². The van der Waals surface area contributed by atoms with Gasteiger partial charge in [-0.05, 0) is 44.2 Å². The molecule has 1 N–H and O–H groups in total. The molecule has 0 fully saturated rings. The van der Waals surface area contributed by atoms with Gasteiger partial charge in [-0.3, -0.25) is 0 Å². The van der Waals surface area contributed by atoms with Crippen LogP contribution in [-0.4, -0.2) is 13.6 Å². The van der Waals surface area contributed by atoms with Crippen LogP contribution in [0.2, 0.25) is 0 Å². The molecule has 0 aliphatic heterocycles. The predicted molar refractivity (Wildman–Crippen MR) is 92.9 cm³/mol. The minimum absolute atomic E-state index is 0. The summed E-state index contributed by atoms with van der Waals surface area (Å²) in [6.45, 7) is 14.6. The molecule has 0 aliphatic carbocycles. The number of hydrogen-bond donors (Lipinski definition) is 1. The van der Waals surface area contributed by atoms with E-state index in [1.54, 1.807) is 0 Å². The van der Waals surface area contributed by atoms with E-state index in [0.29, 0.717) is 5.41 Å². The third-order valence-corrected chi connectivity index (χ3v) is 3.93. The van der Waals surface area contributed by atoms with E-state index in [1.165, 1.54) is 44.9 Å². The second-order valence-corrected chi connectivity index (χ2v) is 5.57. The summed E-state index contributed by atoms with van der Waals surface area (Å²) in [4.78, 5) is 0. The lowest BCUT2D eigenvalue weighted by Crippen LogP contribution is -2.27. The molecule has 0 spiro atoms. The van der Waals surface area contributed by atoms with Crippen molar-refractivity contribution in [3.8, 4) is 0 Å². The van der Waals surface area contributed by atoms with Crippen molar-refractivity contribution in [3.05, 3.63) is 0 Å². The number of unbranched alkanes of at least 4 members (excludes halogenated alkanes) is 1. The minimum Gasteiger partial charge on any atom is -0.319 e. The van der Waals surface area contributed by atoms with E-state index in [1.807, 2.05) is 13.8 Å². The van der Waals surface area contributed by atoms with Gasteiger partial charge in [0.25, 0.3) is 0 Å². The Balaban J connectivity index is -0.000000809. The van der Waals surface area contributed by atoms with Crippen LogP contribution in [-0.2, 0) is 0 Å². The highest BCUT2D eigenvalue weighted by Gasteiger charge is 2.28. The lowest BCUT2D eigenvalue weighted by molar-refractivity contribution is 0.168. The smallest absolute Gasteiger partial charge is 0.00260 e. The first kappa shape index (κ1) is 24.0. The first-order valence-corrected chi connectivity index (χ1v) is 8.28. The highest BCUT2D eigenvalue weighted by Crippen LogP contribution is 2.40. The quantitative estimate of drug-likeness (QED) is 0.494. The summed E-state index contributed by atoms with van der Waals surface area (Å²) in [6, 6.07) is 0. The van der Waals surface area contributed by atoms with E-state index in [4.69, 9.17) is 0 Å². The average molecular weight is 274 g/mol. The van der Waals surface area contributed by atoms with Crippen LogP contribution >= 0.6 is 0 Å². The molecule has 0 bridgehead atoms. The van der Waals surface area contributed by atoms with Crippen LogP contribution in [0.3, 0.4) is 0 Å². The van der Waals surface area contributed by atoms with Crippen LogP contribution in [0.4, 0.5) is 0 Å². The summed E-state index contributed by atoms with van der Waals surface area (Å²) >= 11 is 0. The molecule has 2 unspecified atom stereocenters. The van der Waals surface area contributed by atoms with E-state index < -0.39 is 0 Å². The second-order valence-electron chi connectivity index (χ2n) is 5.57. The van der Waals surface area contributed by atoms with Gasteiger partial charge < -0.3 is 5.32 Å². The largest absolute Gasteiger partial charge is 0.319 e. The van der Waals surface area contributed by atoms with Gasteiger partial charge in [0.05, 0.1) is 0 Å². The molecule has 0 radical (unpaired) electrons. The maximum absolute atomic E-state index is 3.31. The summed E-state index contributed by atoms with van der Waals surface area (Å²) in [5.41, 5.74) is 0.626. The van der Waals surface area contributed by atoms with E-state index in [-0.39, 0.29) is 7.43 Å². The molecular formula is C18H43N. The van der Waals surface area contributed by atoms with Crippen LogP contribution in [0, 0.1) is 11.3 Å². The van der Waals surface area contributed by atoms with E-state index >= 15 is 0 Å². The fraction of sp³-hybridized carbons (Fsp3) is 1.00. The Hall–Kier alpha value is -0.0400. The first-order chi connectivity index (χ1) is 8.64. The maximum atomic E-state index is 3.31. The van der Waals surface area contributed by atoms with Crippen LogP contribution in [0.15, 0.2) is 0 Å². The molecule has 1 heteroatoms. The first-order valence-electron chi connectivity index (χ1n) is 8.28. The minimum atomic E-state index is 0. The number of hydrogen-bond acceptors (Lipinski definition) is 1. The fourth-order valence-corrected chi connectivity index (χ4v) is 3.07. The lowest BCUT2D eigenvalue weighted by atomic mass is 9.71. The van der Waals surface area contributed by atoms with E-state index in [0.717, 1.165) is 12.5 Å². The summed E-state index contributed by atoms with van der Waals surface area (Å²) < 4.78 is 0. The molecule has 0 rings (SSSR count). The Kier molecular flexibility index (Phi) is 20.2. The van der Waals surface area contributed by atoms with Crippen molar-refractivity contribution in [2.45, 2.75) is 93.9 Å². The van der Waals surface area contributed by atoms with Gasteiger partial charge in [0.1, 0.15) is 0 Å². The number of nitrogens with one attached hydrogen (secondary N) is 1. The molecule has 0 saturated carbocycles. The van der Waals surface area contributed by atoms with Gasteiger partial charge in [0.15, 0.2) is 0 Å². The highest BCUT2D eigenvalue weighted by molar-refractivity contribution is 4.80. The monoisotopic (exact) mass is 273 g/mol. The summed E-state index contributed by atoms with van der Waals surface area (Å²) in [7, 11) is 2.07. The highest BCUT2D eigenvalue weighted by atomic mass is 14.8. The van der Waals surface area contributed by atoms with Gasteiger partial charge >= 0.3 is 0 Å². The molecule has 0 aromatic carbocycles. The predicted octanol–water partition coefficient (Wildman–Crippen LogP) is 6.28. The second kappa shape index (κ2) is 16.0. The third-order valence-electron chi connectivity index (χ3n) is 3.93. The van der Waals surface area contributed by atoms with Crippen molar-refractivity contribution in [2.24, 2.45) is 11.3 Å². The van der Waals surface area contributed by atoms with Crippen molar-refractivity contribution in [3.63, 3.8) is 0 Å². The molecule has 0 aliphatic rings. The molecule has 0 amide bonds. The van der Waals surface area contributed by atoms with Crippen LogP contribution in [0.1, 0.15) is 93.9 Å². The summed E-state index contributed by atoms with van der Waals surface area (Å²) in [5.74, 6) is 0.813. The zero-order chi connectivity index (χ0) is 14.4. The average Bonchev–Trinajstić information content (AvgIpc) is 2.39. The molecule has 19 heavy (non-hydrogen) atoms. The summed E-state index contributed by atoms with van der Waals surface area (Å²) in [5, 5.41) is 3.31. The SMILES string of the molecule is C.CC.CCCCC(CC)(CCC)CC(C)CNC. The van der Waals surface area contributed by atoms with Gasteiger partial charge in [-0.15, -0.1) is 0 Å². The molecule has 0 aromatic heterocycles. The molecule has 1 nitrogen and oxygen atoms in total. The van der Waals surface area contributed by atoms with E-state index in [9.17, 15) is 0 Å². The maximum Gasteiger partial charge on any atom is -0.00260 e. The van der Waals surface area contributed by atoms with Crippen LogP contribution in [0.25, 0.3) is 0 Å². The van der Waals surface area contributed by atoms with Crippen molar-refractivity contribution in [2.75, 3.05) is 13.6 Å². The molecule has 120 valence electrons. The van der Waals surface area contributed by atoms with Gasteiger partial charge in [0, 0.05) is 0 Å². The lowest BCUT2D eigenvalue weighted by Gasteiger charge is -2.35. The van der Waals surface area contributed by atoms with Crippen molar-refractivity contribution < 1.29 is 0 Å². The number of rotatable bonds is 10. The van der Waals surface area contributed by atoms with Crippen molar-refractivity contribution in [1.82, 2.24) is 5.32 Å². The van der Waals surface area contributed by atoms with Gasteiger partial charge in [0.2, 0.25) is 0 Å². The standard InChI is InChI=1S/C15H33N.C2H6.CH4/c1-6-9-11-15(8-3,10-7-2)12-14(4)13-16-5;1-2;/h14,16H,6-13H2,1-5H3;1-2H3;1H4. The molecule has 2 atom stereocenters. The fourth-order valence-electron chi connectivity index (χ4n) is 3.07. The Morgan fingerprint density at radius 3 is 1.95 bits per heavy atom. The molecular weight excluding hydrogens is 230 g/mol. The van der Waals surface area contributed by atoms with Gasteiger partial charge in [-0.1, -0.05) is 74.7 Å². The normalized spacial score (nSPS) is 14.7. The zero-order valence-corrected chi connectivity index (χ0v) is 14.2. The molecule has 0 aromatic rings. The topological polar surface area (TPSA) is 12.0 Å². The van der Waals surface area contributed by atoms with Gasteiger partial charge in [-0.25, -0.2) is 0 Å². The summed E-state index contributed by atoms with van der Waals surface area (Å²) in [6.07, 6.45) is 9.68. The zero-order valence-electron chi connectivity index (χ0n) is 14.2. The Labute approximate surface area is 125 Å². The van der Waals surface area contributed by atoms with Crippen molar-refractivity contribution in [1.29, 1.82) is 0 Å². The Morgan fingerprint density at radius 1 is 1.00 bits per heavy atom. The van der Waals surface area contributed by atoms with Crippen LogP contribution in [0.5, 0.6) is 0 Å². The van der Waals surface area contributed by atoms with E-state index in [2.05, 4.69) is 40.1 Å². The molecule has 0 heterocycles. The molecule has 0 saturated heterocycles.